The van der Waals surface area contributed by atoms with Crippen LogP contribution in [-0.2, 0) is 6.42 Å². The Hall–Kier alpha value is -1.95. The van der Waals surface area contributed by atoms with Gasteiger partial charge in [-0.2, -0.15) is 0 Å². The minimum atomic E-state index is -0.386. The molecule has 0 unspecified atom stereocenters. The molecule has 1 aliphatic rings. The van der Waals surface area contributed by atoms with E-state index in [4.69, 9.17) is 14.6 Å². The lowest BCUT2D eigenvalue weighted by Gasteiger charge is -2.16. The van der Waals surface area contributed by atoms with E-state index in [0.717, 1.165) is 17.7 Å². The highest BCUT2D eigenvalue weighted by atomic mass is 16.5. The molecule has 116 valence electrons. The summed E-state index contributed by atoms with van der Waals surface area (Å²) in [5.41, 5.74) is 1.65. The highest BCUT2D eigenvalue weighted by molar-refractivity contribution is 5.91. The third-order valence-corrected chi connectivity index (χ3v) is 3.20. The molecule has 1 aromatic rings. The summed E-state index contributed by atoms with van der Waals surface area (Å²) in [6.45, 7) is 6.01. The number of aliphatic hydroxyl groups excluding tert-OH is 1. The highest BCUT2D eigenvalue weighted by Gasteiger charge is 2.22. The fraction of sp³-hybridized carbons (Fsp3) is 0.533. The van der Waals surface area contributed by atoms with Crippen molar-refractivity contribution in [2.75, 3.05) is 18.5 Å². The van der Waals surface area contributed by atoms with Crippen LogP contribution in [0.5, 0.6) is 11.5 Å². The standard InChI is InChI=1S/C15H22N2O4/c1-4-20-14-6-11-5-10(3)21-13(11)7-12(14)17-15(19)16-9(2)8-18/h6-7,9-10,18H,4-5,8H2,1-3H3,(H2,16,17,19)/t9-,10+/m1/s1. The molecule has 0 bridgehead atoms. The molecule has 0 radical (unpaired) electrons. The van der Waals surface area contributed by atoms with Crippen molar-refractivity contribution in [3.8, 4) is 11.5 Å². The zero-order valence-corrected chi connectivity index (χ0v) is 12.6. The smallest absolute Gasteiger partial charge is 0.319 e. The lowest BCUT2D eigenvalue weighted by Crippen LogP contribution is -2.38. The van der Waals surface area contributed by atoms with Gasteiger partial charge in [-0.3, -0.25) is 0 Å². The van der Waals surface area contributed by atoms with E-state index in [1.54, 1.807) is 13.0 Å². The van der Waals surface area contributed by atoms with Crippen LogP contribution in [0.4, 0.5) is 10.5 Å². The van der Waals surface area contributed by atoms with Gasteiger partial charge in [0.15, 0.2) is 0 Å². The summed E-state index contributed by atoms with van der Waals surface area (Å²) in [5, 5.41) is 14.3. The second-order valence-corrected chi connectivity index (χ2v) is 5.20. The van der Waals surface area contributed by atoms with E-state index < -0.39 is 0 Å². The van der Waals surface area contributed by atoms with E-state index in [-0.39, 0.29) is 24.8 Å². The molecule has 1 heterocycles. The van der Waals surface area contributed by atoms with Crippen molar-refractivity contribution in [3.63, 3.8) is 0 Å². The fourth-order valence-electron chi connectivity index (χ4n) is 2.24. The lowest BCUT2D eigenvalue weighted by molar-refractivity contribution is 0.229. The van der Waals surface area contributed by atoms with Crippen molar-refractivity contribution in [2.45, 2.75) is 39.3 Å². The summed E-state index contributed by atoms with van der Waals surface area (Å²) in [5.74, 6) is 1.40. The van der Waals surface area contributed by atoms with Crippen LogP contribution in [0.1, 0.15) is 26.3 Å². The van der Waals surface area contributed by atoms with Crippen molar-refractivity contribution < 1.29 is 19.4 Å². The summed E-state index contributed by atoms with van der Waals surface area (Å²) in [6.07, 6.45) is 0.969. The van der Waals surface area contributed by atoms with Crippen LogP contribution in [-0.4, -0.2) is 36.5 Å². The predicted octanol–water partition coefficient (Wildman–Crippen LogP) is 1.91. The zero-order valence-electron chi connectivity index (χ0n) is 12.6. The SMILES string of the molecule is CCOc1cc2c(cc1NC(=O)N[C@H](C)CO)O[C@@H](C)C2. The number of ether oxygens (including phenoxy) is 2. The summed E-state index contributed by atoms with van der Waals surface area (Å²) in [7, 11) is 0. The van der Waals surface area contributed by atoms with Gasteiger partial charge in [0.05, 0.1) is 24.9 Å². The number of anilines is 1. The Kier molecular flexibility index (Phi) is 4.90. The number of carbonyl (C=O) groups is 1. The number of aliphatic hydroxyl groups is 1. The van der Waals surface area contributed by atoms with Gasteiger partial charge in [0.25, 0.3) is 0 Å². The number of rotatable bonds is 5. The topological polar surface area (TPSA) is 79.8 Å². The summed E-state index contributed by atoms with van der Waals surface area (Å²) in [6, 6.07) is 3.00. The molecular weight excluding hydrogens is 272 g/mol. The molecule has 3 N–H and O–H groups in total. The average molecular weight is 294 g/mol. The number of nitrogens with one attached hydrogen (secondary N) is 2. The monoisotopic (exact) mass is 294 g/mol. The predicted molar refractivity (Wildman–Crippen MR) is 80.1 cm³/mol. The van der Waals surface area contributed by atoms with Gasteiger partial charge < -0.3 is 25.2 Å². The van der Waals surface area contributed by atoms with E-state index >= 15 is 0 Å². The Morgan fingerprint density at radius 3 is 3.00 bits per heavy atom. The van der Waals surface area contributed by atoms with E-state index in [9.17, 15) is 4.79 Å². The molecule has 0 saturated heterocycles. The Bertz CT molecular complexity index is 519. The van der Waals surface area contributed by atoms with Crippen molar-refractivity contribution >= 4 is 11.7 Å². The van der Waals surface area contributed by atoms with E-state index in [1.807, 2.05) is 19.9 Å². The molecule has 0 aromatic heterocycles. The largest absolute Gasteiger partial charge is 0.492 e. The minimum Gasteiger partial charge on any atom is -0.492 e. The van der Waals surface area contributed by atoms with Crippen LogP contribution in [0.15, 0.2) is 12.1 Å². The van der Waals surface area contributed by atoms with Gasteiger partial charge in [-0.05, 0) is 26.8 Å². The third-order valence-electron chi connectivity index (χ3n) is 3.20. The van der Waals surface area contributed by atoms with Gasteiger partial charge in [0, 0.05) is 18.1 Å². The Balaban J connectivity index is 2.17. The zero-order chi connectivity index (χ0) is 15.4. The maximum Gasteiger partial charge on any atom is 0.319 e. The Morgan fingerprint density at radius 1 is 1.57 bits per heavy atom. The first-order valence-corrected chi connectivity index (χ1v) is 7.18. The lowest BCUT2D eigenvalue weighted by atomic mass is 10.1. The van der Waals surface area contributed by atoms with Gasteiger partial charge >= 0.3 is 6.03 Å². The molecule has 0 saturated carbocycles. The Morgan fingerprint density at radius 2 is 2.33 bits per heavy atom. The van der Waals surface area contributed by atoms with E-state index in [1.165, 1.54) is 0 Å². The number of hydrogen-bond acceptors (Lipinski definition) is 4. The molecule has 0 aliphatic carbocycles. The number of fused-ring (bicyclic) bond motifs is 1. The average Bonchev–Trinajstić information content (AvgIpc) is 2.78. The van der Waals surface area contributed by atoms with Crippen LogP contribution in [0.25, 0.3) is 0 Å². The van der Waals surface area contributed by atoms with Crippen LogP contribution < -0.4 is 20.1 Å². The maximum atomic E-state index is 11.9. The molecular formula is C15H22N2O4. The summed E-state index contributed by atoms with van der Waals surface area (Å²) < 4.78 is 11.3. The first-order chi connectivity index (χ1) is 10.0. The van der Waals surface area contributed by atoms with Gasteiger partial charge in [-0.25, -0.2) is 4.79 Å². The van der Waals surface area contributed by atoms with Gasteiger partial charge in [0.2, 0.25) is 0 Å². The normalized spacial score (nSPS) is 17.6. The molecule has 2 amide bonds. The highest BCUT2D eigenvalue weighted by Crippen LogP contribution is 2.37. The van der Waals surface area contributed by atoms with Gasteiger partial charge in [-0.15, -0.1) is 0 Å². The molecule has 6 heteroatoms. The van der Waals surface area contributed by atoms with Gasteiger partial charge in [0.1, 0.15) is 17.6 Å². The fourth-order valence-corrected chi connectivity index (χ4v) is 2.24. The molecule has 1 aliphatic heterocycles. The van der Waals surface area contributed by atoms with E-state index in [2.05, 4.69) is 10.6 Å². The quantitative estimate of drug-likeness (QED) is 0.775. The van der Waals surface area contributed by atoms with Crippen LogP contribution >= 0.6 is 0 Å². The molecule has 6 nitrogen and oxygen atoms in total. The Labute approximate surface area is 124 Å². The first-order valence-electron chi connectivity index (χ1n) is 7.18. The third kappa shape index (κ3) is 3.78. The molecule has 1 aromatic carbocycles. The molecule has 0 fully saturated rings. The second kappa shape index (κ2) is 6.67. The summed E-state index contributed by atoms with van der Waals surface area (Å²) >= 11 is 0. The van der Waals surface area contributed by atoms with Crippen molar-refractivity contribution in [1.29, 1.82) is 0 Å². The molecule has 21 heavy (non-hydrogen) atoms. The van der Waals surface area contributed by atoms with Crippen molar-refractivity contribution in [1.82, 2.24) is 5.32 Å². The van der Waals surface area contributed by atoms with Gasteiger partial charge in [-0.1, -0.05) is 0 Å². The maximum absolute atomic E-state index is 11.9. The second-order valence-electron chi connectivity index (χ2n) is 5.20. The minimum absolute atomic E-state index is 0.115. The van der Waals surface area contributed by atoms with Crippen molar-refractivity contribution in [2.24, 2.45) is 0 Å². The number of urea groups is 1. The summed E-state index contributed by atoms with van der Waals surface area (Å²) in [4.78, 5) is 11.9. The number of benzene rings is 1. The molecule has 2 atom stereocenters. The van der Waals surface area contributed by atoms with Crippen LogP contribution in [0, 0.1) is 0 Å². The molecule has 0 spiro atoms. The number of carbonyl (C=O) groups excluding carboxylic acids is 1. The van der Waals surface area contributed by atoms with Crippen LogP contribution in [0.3, 0.4) is 0 Å². The van der Waals surface area contributed by atoms with E-state index in [0.29, 0.717) is 18.0 Å². The molecule has 2 rings (SSSR count). The number of amides is 2. The first kappa shape index (κ1) is 15.4. The number of hydrogen-bond donors (Lipinski definition) is 3. The van der Waals surface area contributed by atoms with Crippen LogP contribution in [0.2, 0.25) is 0 Å². The van der Waals surface area contributed by atoms with Crippen molar-refractivity contribution in [3.05, 3.63) is 17.7 Å².